The van der Waals surface area contributed by atoms with Gasteiger partial charge in [-0.3, -0.25) is 4.79 Å². The molecule has 1 amide bonds. The first-order valence-corrected chi connectivity index (χ1v) is 5.19. The molecule has 0 aromatic heterocycles. The van der Waals surface area contributed by atoms with Crippen molar-refractivity contribution in [2.75, 3.05) is 0 Å². The Bertz CT molecular complexity index is 246. The van der Waals surface area contributed by atoms with Gasteiger partial charge in [-0.05, 0) is 32.1 Å². The zero-order chi connectivity index (χ0) is 9.05. The first kappa shape index (κ1) is 7.80. The molecule has 1 saturated heterocycles. The molecule has 0 aromatic rings. The standard InChI is InChI=1S/C10H15NO2/c11-9(12)10(4-5-10)8-6-2-1-3-7(8)13-6/h6-8H,1-5H2,(H2,11,12). The van der Waals surface area contributed by atoms with Gasteiger partial charge in [-0.1, -0.05) is 0 Å². The second kappa shape index (κ2) is 2.27. The summed E-state index contributed by atoms with van der Waals surface area (Å²) in [6.45, 7) is 0. The molecule has 2 N–H and O–H groups in total. The molecule has 3 nitrogen and oxygen atoms in total. The second-order valence-corrected chi connectivity index (χ2v) is 4.69. The summed E-state index contributed by atoms with van der Waals surface area (Å²) in [6.07, 6.45) is 6.25. The molecule has 0 radical (unpaired) electrons. The number of ether oxygens (including phenoxy) is 1. The maximum absolute atomic E-state index is 11.3. The monoisotopic (exact) mass is 181 g/mol. The topological polar surface area (TPSA) is 52.3 Å². The van der Waals surface area contributed by atoms with Crippen LogP contribution in [0, 0.1) is 11.3 Å². The molecule has 2 aliphatic carbocycles. The van der Waals surface area contributed by atoms with E-state index in [1.807, 2.05) is 0 Å². The lowest BCUT2D eigenvalue weighted by Crippen LogP contribution is -2.58. The Hall–Kier alpha value is -0.570. The van der Waals surface area contributed by atoms with Crippen molar-refractivity contribution in [3.63, 3.8) is 0 Å². The average molecular weight is 181 g/mol. The van der Waals surface area contributed by atoms with E-state index in [0.29, 0.717) is 18.1 Å². The maximum Gasteiger partial charge on any atom is 0.224 e. The maximum atomic E-state index is 11.3. The summed E-state index contributed by atoms with van der Waals surface area (Å²) in [6, 6.07) is 0. The summed E-state index contributed by atoms with van der Waals surface area (Å²) in [5.74, 6) is 0.386. The van der Waals surface area contributed by atoms with E-state index in [4.69, 9.17) is 10.5 Å². The Morgan fingerprint density at radius 1 is 1.31 bits per heavy atom. The predicted molar refractivity (Wildman–Crippen MR) is 46.9 cm³/mol. The quantitative estimate of drug-likeness (QED) is 0.685. The molecule has 0 spiro atoms. The number of carbonyl (C=O) groups excluding carboxylic acids is 1. The lowest BCUT2D eigenvalue weighted by Gasteiger charge is -2.52. The third kappa shape index (κ3) is 0.857. The summed E-state index contributed by atoms with van der Waals surface area (Å²) in [7, 11) is 0. The first-order chi connectivity index (χ1) is 6.24. The van der Waals surface area contributed by atoms with E-state index in [9.17, 15) is 4.79 Å². The molecular formula is C10H15NO2. The van der Waals surface area contributed by atoms with E-state index in [2.05, 4.69) is 0 Å². The van der Waals surface area contributed by atoms with Crippen molar-refractivity contribution < 1.29 is 9.53 Å². The highest BCUT2D eigenvalue weighted by Crippen LogP contribution is 2.61. The Kier molecular flexibility index (Phi) is 1.36. The lowest BCUT2D eigenvalue weighted by atomic mass is 9.69. The summed E-state index contributed by atoms with van der Waals surface area (Å²) < 4.78 is 5.66. The largest absolute Gasteiger partial charge is 0.374 e. The minimum atomic E-state index is -0.145. The van der Waals surface area contributed by atoms with E-state index < -0.39 is 0 Å². The van der Waals surface area contributed by atoms with Gasteiger partial charge in [0, 0.05) is 5.92 Å². The highest BCUT2D eigenvalue weighted by atomic mass is 16.5. The number of hydrogen-bond donors (Lipinski definition) is 1. The minimum absolute atomic E-state index is 0.0855. The van der Waals surface area contributed by atoms with Crippen molar-refractivity contribution in [2.45, 2.75) is 44.3 Å². The highest BCUT2D eigenvalue weighted by Gasteiger charge is 2.64. The summed E-state index contributed by atoms with van der Waals surface area (Å²) in [4.78, 5) is 11.3. The van der Waals surface area contributed by atoms with E-state index in [0.717, 1.165) is 25.7 Å². The van der Waals surface area contributed by atoms with Gasteiger partial charge in [0.1, 0.15) is 0 Å². The molecule has 1 heterocycles. The van der Waals surface area contributed by atoms with Gasteiger partial charge in [-0.15, -0.1) is 0 Å². The molecule has 3 fully saturated rings. The number of nitrogens with two attached hydrogens (primary N) is 1. The molecule has 3 rings (SSSR count). The fourth-order valence-corrected chi connectivity index (χ4v) is 3.15. The Labute approximate surface area is 77.6 Å². The van der Waals surface area contributed by atoms with Crippen LogP contribution in [-0.2, 0) is 9.53 Å². The van der Waals surface area contributed by atoms with Gasteiger partial charge in [0.05, 0.1) is 17.6 Å². The molecule has 3 heteroatoms. The Balaban J connectivity index is 1.82. The molecule has 72 valence electrons. The van der Waals surface area contributed by atoms with Crippen LogP contribution in [0.4, 0.5) is 0 Å². The SMILES string of the molecule is NC(=O)C1(C2C3CCCC2O3)CC1. The van der Waals surface area contributed by atoms with Crippen molar-refractivity contribution in [1.29, 1.82) is 0 Å². The van der Waals surface area contributed by atoms with Gasteiger partial charge in [0.15, 0.2) is 0 Å². The Morgan fingerprint density at radius 2 is 1.92 bits per heavy atom. The molecule has 2 saturated carbocycles. The van der Waals surface area contributed by atoms with Crippen molar-refractivity contribution in [2.24, 2.45) is 17.1 Å². The number of rotatable bonds is 2. The molecule has 2 atom stereocenters. The van der Waals surface area contributed by atoms with Crippen molar-refractivity contribution in [3.8, 4) is 0 Å². The number of carbonyl (C=O) groups is 1. The van der Waals surface area contributed by atoms with Crippen LogP contribution in [0.5, 0.6) is 0 Å². The minimum Gasteiger partial charge on any atom is -0.374 e. The fourth-order valence-electron chi connectivity index (χ4n) is 3.15. The van der Waals surface area contributed by atoms with Gasteiger partial charge in [-0.25, -0.2) is 0 Å². The van der Waals surface area contributed by atoms with Crippen molar-refractivity contribution in [3.05, 3.63) is 0 Å². The smallest absolute Gasteiger partial charge is 0.224 e. The number of amides is 1. The van der Waals surface area contributed by atoms with Crippen LogP contribution >= 0.6 is 0 Å². The number of hydrogen-bond acceptors (Lipinski definition) is 2. The van der Waals surface area contributed by atoms with Crippen molar-refractivity contribution in [1.82, 2.24) is 0 Å². The zero-order valence-corrected chi connectivity index (χ0v) is 7.66. The lowest BCUT2D eigenvalue weighted by molar-refractivity contribution is -0.234. The van der Waals surface area contributed by atoms with Gasteiger partial charge in [-0.2, -0.15) is 0 Å². The summed E-state index contributed by atoms with van der Waals surface area (Å²) >= 11 is 0. The average Bonchev–Trinajstić information content (AvgIpc) is 2.87. The summed E-state index contributed by atoms with van der Waals surface area (Å²) in [5, 5.41) is 0. The molecule has 2 unspecified atom stereocenters. The van der Waals surface area contributed by atoms with Crippen LogP contribution in [0.15, 0.2) is 0 Å². The highest BCUT2D eigenvalue weighted by molar-refractivity contribution is 5.84. The number of fused-ring (bicyclic) bond motifs is 2. The fraction of sp³-hybridized carbons (Fsp3) is 0.900. The van der Waals surface area contributed by atoms with Gasteiger partial charge >= 0.3 is 0 Å². The first-order valence-electron chi connectivity index (χ1n) is 5.19. The normalized spacial score (nSPS) is 45.1. The predicted octanol–water partition coefficient (Wildman–Crippen LogP) is 0.819. The third-order valence-corrected chi connectivity index (χ3v) is 4.05. The third-order valence-electron chi connectivity index (χ3n) is 4.05. The molecule has 13 heavy (non-hydrogen) atoms. The van der Waals surface area contributed by atoms with Crippen LogP contribution < -0.4 is 5.73 Å². The molecule has 0 aromatic carbocycles. The second-order valence-electron chi connectivity index (χ2n) is 4.69. The van der Waals surface area contributed by atoms with Crippen LogP contribution in [0.1, 0.15) is 32.1 Å². The number of primary amides is 1. The van der Waals surface area contributed by atoms with Crippen molar-refractivity contribution >= 4 is 5.91 Å². The van der Waals surface area contributed by atoms with Gasteiger partial charge in [0.25, 0.3) is 0 Å². The van der Waals surface area contributed by atoms with E-state index >= 15 is 0 Å². The van der Waals surface area contributed by atoms with Crippen LogP contribution in [0.2, 0.25) is 0 Å². The van der Waals surface area contributed by atoms with Gasteiger partial charge in [0.2, 0.25) is 5.91 Å². The van der Waals surface area contributed by atoms with Crippen LogP contribution in [0.3, 0.4) is 0 Å². The van der Waals surface area contributed by atoms with Gasteiger partial charge < -0.3 is 10.5 Å². The zero-order valence-electron chi connectivity index (χ0n) is 7.66. The molecule has 3 aliphatic rings. The Morgan fingerprint density at radius 3 is 2.31 bits per heavy atom. The van der Waals surface area contributed by atoms with Crippen LogP contribution in [-0.4, -0.2) is 18.1 Å². The molecule has 2 bridgehead atoms. The van der Waals surface area contributed by atoms with E-state index in [1.165, 1.54) is 6.42 Å². The molecular weight excluding hydrogens is 166 g/mol. The van der Waals surface area contributed by atoms with E-state index in [1.54, 1.807) is 0 Å². The summed E-state index contributed by atoms with van der Waals surface area (Å²) in [5.41, 5.74) is 5.31. The van der Waals surface area contributed by atoms with E-state index in [-0.39, 0.29) is 11.3 Å². The van der Waals surface area contributed by atoms with Crippen LogP contribution in [0.25, 0.3) is 0 Å². The molecule has 1 aliphatic heterocycles.